The molecule has 0 amide bonds. The van der Waals surface area contributed by atoms with Crippen LogP contribution in [0.5, 0.6) is 5.75 Å². The Morgan fingerprint density at radius 2 is 1.96 bits per heavy atom. The number of methoxy groups -OCH3 is 1. The minimum Gasteiger partial charge on any atom is -0.497 e. The molecule has 0 spiro atoms. The smallest absolute Gasteiger partial charge is 0.319 e. The molecule has 0 bridgehead atoms. The van der Waals surface area contributed by atoms with Crippen LogP contribution in [0.2, 0.25) is 0 Å². The molecule has 0 radical (unpaired) electrons. The summed E-state index contributed by atoms with van der Waals surface area (Å²) in [6.45, 7) is 0.0533. The van der Waals surface area contributed by atoms with Crippen molar-refractivity contribution in [3.63, 3.8) is 0 Å². The lowest BCUT2D eigenvalue weighted by Crippen LogP contribution is -2.04. The zero-order valence-corrected chi connectivity index (χ0v) is 14.6. The van der Waals surface area contributed by atoms with E-state index < -0.39 is 6.55 Å². The van der Waals surface area contributed by atoms with Crippen molar-refractivity contribution in [2.24, 2.45) is 0 Å². The van der Waals surface area contributed by atoms with Crippen LogP contribution >= 0.6 is 11.8 Å². The predicted octanol–water partition coefficient (Wildman–Crippen LogP) is 3.86. The molecular formula is C16H17F2N5OS. The van der Waals surface area contributed by atoms with E-state index in [0.29, 0.717) is 17.5 Å². The molecule has 1 aromatic carbocycles. The predicted molar refractivity (Wildman–Crippen MR) is 90.7 cm³/mol. The number of ether oxygens (including phenoxy) is 1. The number of alkyl halides is 2. The molecule has 0 unspecified atom stereocenters. The van der Waals surface area contributed by atoms with Crippen molar-refractivity contribution in [3.8, 4) is 17.1 Å². The van der Waals surface area contributed by atoms with Crippen LogP contribution in [-0.4, -0.2) is 31.4 Å². The van der Waals surface area contributed by atoms with Gasteiger partial charge < -0.3 is 9.30 Å². The van der Waals surface area contributed by atoms with Gasteiger partial charge in [0.25, 0.3) is 0 Å². The lowest BCUT2D eigenvalue weighted by molar-refractivity contribution is 0.0678. The first-order chi connectivity index (χ1) is 12.1. The summed E-state index contributed by atoms with van der Waals surface area (Å²) in [6, 6.07) is 7.53. The maximum Gasteiger partial charge on any atom is 0.319 e. The molecule has 0 aliphatic rings. The van der Waals surface area contributed by atoms with Crippen molar-refractivity contribution < 1.29 is 13.5 Å². The SMILES string of the molecule is CCn1c(SCc2nccn2C(F)F)nnc1-c1ccc(OC)cc1. The number of imidazole rings is 1. The van der Waals surface area contributed by atoms with Gasteiger partial charge >= 0.3 is 6.55 Å². The average Bonchev–Trinajstić information content (AvgIpc) is 3.26. The second-order valence-corrected chi connectivity index (χ2v) is 6.04. The van der Waals surface area contributed by atoms with E-state index in [1.165, 1.54) is 24.2 Å². The first kappa shape index (κ1) is 17.4. The van der Waals surface area contributed by atoms with E-state index in [2.05, 4.69) is 15.2 Å². The Morgan fingerprint density at radius 3 is 2.60 bits per heavy atom. The zero-order chi connectivity index (χ0) is 17.8. The first-order valence-corrected chi connectivity index (χ1v) is 8.63. The van der Waals surface area contributed by atoms with E-state index in [0.717, 1.165) is 21.7 Å². The number of halogens is 2. The van der Waals surface area contributed by atoms with Crippen molar-refractivity contribution in [3.05, 3.63) is 42.5 Å². The minimum absolute atomic E-state index is 0.290. The van der Waals surface area contributed by atoms with Gasteiger partial charge in [0, 0.05) is 24.5 Å². The third kappa shape index (κ3) is 3.65. The number of thioether (sulfide) groups is 1. The molecule has 2 aromatic heterocycles. The topological polar surface area (TPSA) is 57.8 Å². The molecule has 0 aliphatic carbocycles. The molecule has 0 aliphatic heterocycles. The van der Waals surface area contributed by atoms with Crippen molar-refractivity contribution in [1.82, 2.24) is 24.3 Å². The highest BCUT2D eigenvalue weighted by molar-refractivity contribution is 7.98. The fourth-order valence-corrected chi connectivity index (χ4v) is 3.35. The van der Waals surface area contributed by atoms with Gasteiger partial charge in [-0.3, -0.25) is 4.57 Å². The van der Waals surface area contributed by atoms with Gasteiger partial charge in [0.2, 0.25) is 0 Å². The molecule has 6 nitrogen and oxygen atoms in total. The van der Waals surface area contributed by atoms with Crippen LogP contribution in [0.4, 0.5) is 8.78 Å². The molecule has 0 saturated heterocycles. The van der Waals surface area contributed by atoms with Crippen LogP contribution in [-0.2, 0) is 12.3 Å². The average molecular weight is 365 g/mol. The molecule has 9 heteroatoms. The molecule has 0 atom stereocenters. The van der Waals surface area contributed by atoms with E-state index in [-0.39, 0.29) is 5.75 Å². The quantitative estimate of drug-likeness (QED) is 0.595. The van der Waals surface area contributed by atoms with Crippen molar-refractivity contribution >= 4 is 11.8 Å². The van der Waals surface area contributed by atoms with E-state index in [4.69, 9.17) is 4.74 Å². The number of rotatable bonds is 7. The van der Waals surface area contributed by atoms with Gasteiger partial charge in [-0.2, -0.15) is 8.78 Å². The monoisotopic (exact) mass is 365 g/mol. The van der Waals surface area contributed by atoms with Crippen molar-refractivity contribution in [2.75, 3.05) is 7.11 Å². The molecular weight excluding hydrogens is 348 g/mol. The van der Waals surface area contributed by atoms with Gasteiger partial charge in [-0.05, 0) is 31.2 Å². The van der Waals surface area contributed by atoms with Gasteiger partial charge in [-0.15, -0.1) is 10.2 Å². The number of hydrogen-bond acceptors (Lipinski definition) is 5. The van der Waals surface area contributed by atoms with Crippen molar-refractivity contribution in [2.45, 2.75) is 30.9 Å². The molecule has 25 heavy (non-hydrogen) atoms. The summed E-state index contributed by atoms with van der Waals surface area (Å²) in [5.74, 6) is 2.08. The number of aromatic nitrogens is 5. The maximum atomic E-state index is 12.9. The summed E-state index contributed by atoms with van der Waals surface area (Å²) < 4.78 is 33.7. The second kappa shape index (κ2) is 7.64. The second-order valence-electron chi connectivity index (χ2n) is 5.10. The van der Waals surface area contributed by atoms with Crippen LogP contribution in [0.1, 0.15) is 19.3 Å². The summed E-state index contributed by atoms with van der Waals surface area (Å²) in [6.07, 6.45) is 2.64. The minimum atomic E-state index is -2.60. The van der Waals surface area contributed by atoms with E-state index >= 15 is 0 Å². The van der Waals surface area contributed by atoms with E-state index in [9.17, 15) is 8.78 Å². The lowest BCUT2D eigenvalue weighted by Gasteiger charge is -2.09. The Balaban J connectivity index is 1.81. The Morgan fingerprint density at radius 1 is 1.20 bits per heavy atom. The summed E-state index contributed by atoms with van der Waals surface area (Å²) in [5, 5.41) is 9.11. The summed E-state index contributed by atoms with van der Waals surface area (Å²) in [7, 11) is 1.61. The highest BCUT2D eigenvalue weighted by atomic mass is 32.2. The van der Waals surface area contributed by atoms with Crippen LogP contribution in [0, 0.1) is 0 Å². The molecule has 0 fully saturated rings. The van der Waals surface area contributed by atoms with Crippen LogP contribution in [0.25, 0.3) is 11.4 Å². The molecule has 132 valence electrons. The Hall–Kier alpha value is -2.42. The Kier molecular flexibility index (Phi) is 5.32. The Labute approximate surface area is 147 Å². The third-order valence-electron chi connectivity index (χ3n) is 3.67. The third-order valence-corrected chi connectivity index (χ3v) is 4.63. The van der Waals surface area contributed by atoms with Crippen LogP contribution in [0.15, 0.2) is 41.8 Å². The molecule has 0 saturated carbocycles. The van der Waals surface area contributed by atoms with Gasteiger partial charge in [0.1, 0.15) is 11.6 Å². The van der Waals surface area contributed by atoms with Gasteiger partial charge in [-0.25, -0.2) is 4.98 Å². The fourth-order valence-electron chi connectivity index (χ4n) is 2.40. The largest absolute Gasteiger partial charge is 0.497 e. The standard InChI is InChI=1S/C16H17F2N5OS/c1-3-22-14(11-4-6-12(24-2)7-5-11)20-21-16(22)25-10-13-19-8-9-23(13)15(17)18/h4-9,15H,3,10H2,1-2H3. The Bertz CT molecular complexity index is 831. The summed E-state index contributed by atoms with van der Waals surface area (Å²) >= 11 is 1.33. The highest BCUT2D eigenvalue weighted by Gasteiger charge is 2.16. The first-order valence-electron chi connectivity index (χ1n) is 7.64. The molecule has 3 rings (SSSR count). The summed E-state index contributed by atoms with van der Waals surface area (Å²) in [5.41, 5.74) is 0.913. The highest BCUT2D eigenvalue weighted by Crippen LogP contribution is 2.27. The number of nitrogens with zero attached hydrogens (tertiary/aromatic N) is 5. The maximum absolute atomic E-state index is 12.9. The van der Waals surface area contributed by atoms with Gasteiger partial charge in [0.15, 0.2) is 11.0 Å². The van der Waals surface area contributed by atoms with E-state index in [1.807, 2.05) is 35.8 Å². The summed E-state index contributed by atoms with van der Waals surface area (Å²) in [4.78, 5) is 3.98. The van der Waals surface area contributed by atoms with Crippen molar-refractivity contribution in [1.29, 1.82) is 0 Å². The zero-order valence-electron chi connectivity index (χ0n) is 13.8. The van der Waals surface area contributed by atoms with Crippen LogP contribution < -0.4 is 4.74 Å². The molecule has 3 aromatic rings. The lowest BCUT2D eigenvalue weighted by atomic mass is 10.2. The number of benzene rings is 1. The van der Waals surface area contributed by atoms with Crippen LogP contribution in [0.3, 0.4) is 0 Å². The van der Waals surface area contributed by atoms with E-state index in [1.54, 1.807) is 7.11 Å². The number of hydrogen-bond donors (Lipinski definition) is 0. The molecule has 0 N–H and O–H groups in total. The molecule has 2 heterocycles. The van der Waals surface area contributed by atoms with Gasteiger partial charge in [-0.1, -0.05) is 11.8 Å². The normalized spacial score (nSPS) is 11.2. The van der Waals surface area contributed by atoms with Gasteiger partial charge in [0.05, 0.1) is 12.9 Å². The fraction of sp³-hybridized carbons (Fsp3) is 0.312.